The van der Waals surface area contributed by atoms with Crippen molar-refractivity contribution in [3.63, 3.8) is 0 Å². The van der Waals surface area contributed by atoms with Crippen LogP contribution in [0, 0.1) is 17.0 Å². The highest BCUT2D eigenvalue weighted by Gasteiger charge is 2.14. The molecule has 2 N–H and O–H groups in total. The summed E-state index contributed by atoms with van der Waals surface area (Å²) in [5.74, 6) is 0. The number of nitrogens with zero attached hydrogens (tertiary/aromatic N) is 1. The van der Waals surface area contributed by atoms with E-state index in [1.807, 2.05) is 0 Å². The Morgan fingerprint density at radius 3 is 2.67 bits per heavy atom. The van der Waals surface area contributed by atoms with Crippen molar-refractivity contribution in [2.24, 2.45) is 0 Å². The fourth-order valence-corrected chi connectivity index (χ4v) is 1.01. The molecule has 0 saturated heterocycles. The van der Waals surface area contributed by atoms with Gasteiger partial charge in [-0.2, -0.15) is 0 Å². The van der Waals surface area contributed by atoms with Gasteiger partial charge in [0.1, 0.15) is 5.69 Å². The van der Waals surface area contributed by atoms with Crippen LogP contribution < -0.4 is 5.73 Å². The van der Waals surface area contributed by atoms with Crippen molar-refractivity contribution < 1.29 is 4.92 Å². The number of halogens is 1. The maximum atomic E-state index is 10.4. The Balaban J connectivity index is 3.36. The molecule has 1 aromatic rings. The molecule has 0 fully saturated rings. The minimum Gasteiger partial charge on any atom is -0.393 e. The van der Waals surface area contributed by atoms with Crippen LogP contribution in [0.2, 0.25) is 5.02 Å². The van der Waals surface area contributed by atoms with Crippen molar-refractivity contribution in [2.45, 2.75) is 6.92 Å². The van der Waals surface area contributed by atoms with Gasteiger partial charge in [0.25, 0.3) is 5.69 Å². The maximum absolute atomic E-state index is 10.4. The summed E-state index contributed by atoms with van der Waals surface area (Å²) in [5.41, 5.74) is 6.04. The van der Waals surface area contributed by atoms with Gasteiger partial charge in [0.15, 0.2) is 0 Å². The first-order chi connectivity index (χ1) is 5.54. The Morgan fingerprint density at radius 2 is 2.17 bits per heavy atom. The normalized spacial score (nSPS) is 9.83. The lowest BCUT2D eigenvalue weighted by Gasteiger charge is -2.01. The van der Waals surface area contributed by atoms with Crippen LogP contribution >= 0.6 is 11.6 Å². The van der Waals surface area contributed by atoms with Crippen LogP contribution in [0.25, 0.3) is 0 Å². The number of rotatable bonds is 1. The summed E-state index contributed by atoms with van der Waals surface area (Å²) in [4.78, 5) is 9.84. The van der Waals surface area contributed by atoms with Gasteiger partial charge in [0.05, 0.1) is 4.92 Å². The Bertz CT molecular complexity index is 338. The van der Waals surface area contributed by atoms with E-state index < -0.39 is 4.92 Å². The van der Waals surface area contributed by atoms with Crippen LogP contribution in [0.15, 0.2) is 12.1 Å². The maximum Gasteiger partial charge on any atom is 0.292 e. The average molecular weight is 187 g/mol. The summed E-state index contributed by atoms with van der Waals surface area (Å²) in [6.07, 6.45) is 0. The molecule has 0 radical (unpaired) electrons. The second-order valence-electron chi connectivity index (χ2n) is 2.36. The molecule has 0 saturated carbocycles. The molecule has 64 valence electrons. The van der Waals surface area contributed by atoms with Gasteiger partial charge in [-0.15, -0.1) is 0 Å². The van der Waals surface area contributed by atoms with E-state index in [-0.39, 0.29) is 11.4 Å². The minimum absolute atomic E-state index is 0.100. The average Bonchev–Trinajstić information content (AvgIpc) is 2.00. The topological polar surface area (TPSA) is 69.2 Å². The Hall–Kier alpha value is -1.29. The molecule has 0 atom stereocenters. The molecule has 0 amide bonds. The summed E-state index contributed by atoms with van der Waals surface area (Å²) in [5, 5.41) is 10.8. The first-order valence-corrected chi connectivity index (χ1v) is 3.61. The molecule has 5 heteroatoms. The van der Waals surface area contributed by atoms with Gasteiger partial charge >= 0.3 is 0 Å². The largest absolute Gasteiger partial charge is 0.393 e. The number of anilines is 1. The van der Waals surface area contributed by atoms with E-state index >= 15 is 0 Å². The van der Waals surface area contributed by atoms with Crippen molar-refractivity contribution in [1.82, 2.24) is 0 Å². The van der Waals surface area contributed by atoms with Crippen molar-refractivity contribution in [1.29, 1.82) is 0 Å². The Morgan fingerprint density at radius 1 is 1.58 bits per heavy atom. The molecule has 1 aromatic carbocycles. The zero-order valence-electron chi connectivity index (χ0n) is 6.37. The highest BCUT2D eigenvalue weighted by Crippen LogP contribution is 2.29. The highest BCUT2D eigenvalue weighted by atomic mass is 35.5. The van der Waals surface area contributed by atoms with Crippen LogP contribution in [-0.2, 0) is 0 Å². The lowest BCUT2D eigenvalue weighted by atomic mass is 10.2. The standard InChI is InChI=1S/C7H7ClN2O2/c1-4-5(8)2-3-6(7(4)9)10(11)12/h2-3H,9H2,1H3. The predicted molar refractivity (Wildman–Crippen MR) is 47.3 cm³/mol. The summed E-state index contributed by atoms with van der Waals surface area (Å²) in [7, 11) is 0. The van der Waals surface area contributed by atoms with E-state index in [4.69, 9.17) is 17.3 Å². The van der Waals surface area contributed by atoms with E-state index in [1.54, 1.807) is 6.92 Å². The monoisotopic (exact) mass is 186 g/mol. The van der Waals surface area contributed by atoms with Crippen LogP contribution in [0.4, 0.5) is 11.4 Å². The minimum atomic E-state index is -0.529. The first kappa shape index (κ1) is 8.80. The van der Waals surface area contributed by atoms with E-state index in [1.165, 1.54) is 12.1 Å². The van der Waals surface area contributed by atoms with E-state index in [2.05, 4.69) is 0 Å². The molecule has 0 aliphatic heterocycles. The third kappa shape index (κ3) is 1.33. The second-order valence-corrected chi connectivity index (χ2v) is 2.77. The molecule has 0 aliphatic rings. The van der Waals surface area contributed by atoms with Gasteiger partial charge in [-0.3, -0.25) is 10.1 Å². The van der Waals surface area contributed by atoms with Crippen LogP contribution in [-0.4, -0.2) is 4.92 Å². The predicted octanol–water partition coefficient (Wildman–Crippen LogP) is 2.14. The molecule has 0 heterocycles. The molecule has 0 spiro atoms. The number of nitrogen functional groups attached to an aromatic ring is 1. The van der Waals surface area contributed by atoms with Crippen molar-refractivity contribution in [2.75, 3.05) is 5.73 Å². The van der Waals surface area contributed by atoms with Crippen LogP contribution in [0.5, 0.6) is 0 Å². The van der Waals surface area contributed by atoms with Gasteiger partial charge in [-0.1, -0.05) is 11.6 Å². The molecular weight excluding hydrogens is 180 g/mol. The quantitative estimate of drug-likeness (QED) is 0.415. The van der Waals surface area contributed by atoms with Crippen LogP contribution in [0.3, 0.4) is 0 Å². The number of nitro benzene ring substituents is 1. The summed E-state index contributed by atoms with van der Waals surface area (Å²) in [6.45, 7) is 1.64. The fourth-order valence-electron chi connectivity index (χ4n) is 0.847. The number of nitrogens with two attached hydrogens (primary N) is 1. The van der Waals surface area contributed by atoms with Crippen molar-refractivity contribution >= 4 is 23.0 Å². The second kappa shape index (κ2) is 2.98. The summed E-state index contributed by atoms with van der Waals surface area (Å²) in [6, 6.07) is 2.76. The van der Waals surface area contributed by atoms with E-state index in [9.17, 15) is 10.1 Å². The van der Waals surface area contributed by atoms with Gasteiger partial charge in [-0.25, -0.2) is 0 Å². The highest BCUT2D eigenvalue weighted by molar-refractivity contribution is 6.31. The molecular formula is C7H7ClN2O2. The molecule has 0 aliphatic carbocycles. The van der Waals surface area contributed by atoms with Crippen LogP contribution in [0.1, 0.15) is 5.56 Å². The molecule has 4 nitrogen and oxygen atoms in total. The lowest BCUT2D eigenvalue weighted by molar-refractivity contribution is -0.383. The molecule has 12 heavy (non-hydrogen) atoms. The third-order valence-electron chi connectivity index (χ3n) is 1.62. The Labute approximate surface area is 74.1 Å². The number of nitro groups is 1. The molecule has 0 aromatic heterocycles. The number of hydrogen-bond donors (Lipinski definition) is 1. The van der Waals surface area contributed by atoms with Gasteiger partial charge < -0.3 is 5.73 Å². The summed E-state index contributed by atoms with van der Waals surface area (Å²) < 4.78 is 0. The zero-order valence-corrected chi connectivity index (χ0v) is 7.13. The Kier molecular flexibility index (Phi) is 2.19. The SMILES string of the molecule is Cc1c(Cl)ccc([N+](=O)[O-])c1N. The molecule has 0 unspecified atom stereocenters. The van der Waals surface area contributed by atoms with E-state index in [0.29, 0.717) is 10.6 Å². The van der Waals surface area contributed by atoms with E-state index in [0.717, 1.165) is 0 Å². The fraction of sp³-hybridized carbons (Fsp3) is 0.143. The third-order valence-corrected chi connectivity index (χ3v) is 2.03. The first-order valence-electron chi connectivity index (χ1n) is 3.23. The van der Waals surface area contributed by atoms with Gasteiger partial charge in [0.2, 0.25) is 0 Å². The zero-order chi connectivity index (χ0) is 9.30. The van der Waals surface area contributed by atoms with Gasteiger partial charge in [0, 0.05) is 11.1 Å². The molecule has 1 rings (SSSR count). The van der Waals surface area contributed by atoms with Gasteiger partial charge in [-0.05, 0) is 18.6 Å². The van der Waals surface area contributed by atoms with Crippen molar-refractivity contribution in [3.05, 3.63) is 32.8 Å². The van der Waals surface area contributed by atoms with Crippen molar-refractivity contribution in [3.8, 4) is 0 Å². The number of hydrogen-bond acceptors (Lipinski definition) is 3. The smallest absolute Gasteiger partial charge is 0.292 e. The lowest BCUT2D eigenvalue weighted by Crippen LogP contribution is -1.97. The summed E-state index contributed by atoms with van der Waals surface area (Å²) >= 11 is 5.69. The number of benzene rings is 1. The molecule has 0 bridgehead atoms.